The predicted octanol–water partition coefficient (Wildman–Crippen LogP) is 5.83. The fraction of sp³-hybridized carbons (Fsp3) is 0.276. The van der Waals surface area contributed by atoms with E-state index < -0.39 is 5.97 Å². The van der Waals surface area contributed by atoms with Crippen LogP contribution in [0.15, 0.2) is 48.5 Å². The Kier molecular flexibility index (Phi) is 7.01. The standard InChI is InChI=1S/C29H30N2O4/c1-6-34-27(33)16-35-23-12-19(4)28(20(5)13-23)29-30-24-10-9-22(15-25(24)31-29)26(32)14-21-8-7-17(2)18(3)11-21/h7-13,15H,6,14,16H2,1-5H3,(H,30,31). The number of benzene rings is 3. The molecule has 0 amide bonds. The first kappa shape index (κ1) is 24.2. The van der Waals surface area contributed by atoms with Crippen molar-refractivity contribution in [2.24, 2.45) is 0 Å². The largest absolute Gasteiger partial charge is 0.482 e. The lowest BCUT2D eigenvalue weighted by Gasteiger charge is -2.12. The highest BCUT2D eigenvalue weighted by molar-refractivity contribution is 6.00. The Hall–Kier alpha value is -3.93. The Bertz CT molecular complexity index is 1390. The number of ketones is 1. The summed E-state index contributed by atoms with van der Waals surface area (Å²) in [5.74, 6) is 1.01. The molecule has 0 bridgehead atoms. The number of hydrogen-bond acceptors (Lipinski definition) is 5. The van der Waals surface area contributed by atoms with Gasteiger partial charge in [0, 0.05) is 17.5 Å². The van der Waals surface area contributed by atoms with Crippen LogP contribution in [0, 0.1) is 27.7 Å². The zero-order valence-electron chi connectivity index (χ0n) is 20.8. The summed E-state index contributed by atoms with van der Waals surface area (Å²) in [5, 5.41) is 0. The Morgan fingerprint density at radius 1 is 0.886 bits per heavy atom. The van der Waals surface area contributed by atoms with E-state index in [1.54, 1.807) is 6.92 Å². The van der Waals surface area contributed by atoms with Gasteiger partial charge < -0.3 is 14.5 Å². The van der Waals surface area contributed by atoms with Gasteiger partial charge >= 0.3 is 5.97 Å². The van der Waals surface area contributed by atoms with E-state index in [9.17, 15) is 9.59 Å². The third-order valence-electron chi connectivity index (χ3n) is 6.14. The minimum absolute atomic E-state index is 0.0711. The highest BCUT2D eigenvalue weighted by Crippen LogP contribution is 2.31. The van der Waals surface area contributed by atoms with Crippen molar-refractivity contribution in [3.8, 4) is 17.1 Å². The van der Waals surface area contributed by atoms with Crippen molar-refractivity contribution in [2.45, 2.75) is 41.0 Å². The Balaban J connectivity index is 1.56. The molecule has 180 valence electrons. The molecule has 1 N–H and O–H groups in total. The van der Waals surface area contributed by atoms with E-state index in [0.29, 0.717) is 24.3 Å². The second kappa shape index (κ2) is 10.1. The third-order valence-corrected chi connectivity index (χ3v) is 6.14. The summed E-state index contributed by atoms with van der Waals surface area (Å²) in [6.07, 6.45) is 0.360. The quantitative estimate of drug-likeness (QED) is 0.259. The summed E-state index contributed by atoms with van der Waals surface area (Å²) in [5.41, 5.74) is 8.58. The minimum Gasteiger partial charge on any atom is -0.482 e. The van der Waals surface area contributed by atoms with Crippen molar-refractivity contribution < 1.29 is 19.1 Å². The van der Waals surface area contributed by atoms with Crippen molar-refractivity contribution in [3.05, 3.63) is 81.9 Å². The van der Waals surface area contributed by atoms with E-state index in [-0.39, 0.29) is 12.4 Å². The van der Waals surface area contributed by atoms with Crippen LogP contribution in [0.5, 0.6) is 5.75 Å². The topological polar surface area (TPSA) is 81.3 Å². The molecule has 0 radical (unpaired) electrons. The van der Waals surface area contributed by atoms with Gasteiger partial charge in [-0.05, 0) is 92.8 Å². The number of carbonyl (C=O) groups is 2. The first-order chi connectivity index (χ1) is 16.7. The highest BCUT2D eigenvalue weighted by atomic mass is 16.6. The number of aromatic nitrogens is 2. The van der Waals surface area contributed by atoms with Crippen molar-refractivity contribution in [3.63, 3.8) is 0 Å². The summed E-state index contributed by atoms with van der Waals surface area (Å²) in [6, 6.07) is 15.5. The number of nitrogens with one attached hydrogen (secondary N) is 1. The molecule has 0 saturated carbocycles. The average Bonchev–Trinajstić information content (AvgIpc) is 3.22. The maximum absolute atomic E-state index is 12.9. The first-order valence-corrected chi connectivity index (χ1v) is 11.7. The molecule has 0 aliphatic carbocycles. The third kappa shape index (κ3) is 5.43. The van der Waals surface area contributed by atoms with E-state index in [4.69, 9.17) is 14.5 Å². The maximum atomic E-state index is 12.9. The number of H-pyrrole nitrogens is 1. The van der Waals surface area contributed by atoms with Gasteiger partial charge in [0.15, 0.2) is 12.4 Å². The maximum Gasteiger partial charge on any atom is 0.344 e. The van der Waals surface area contributed by atoms with Gasteiger partial charge in [-0.3, -0.25) is 4.79 Å². The molecule has 4 rings (SSSR count). The van der Waals surface area contributed by atoms with Gasteiger partial charge in [-0.25, -0.2) is 9.78 Å². The molecule has 6 nitrogen and oxygen atoms in total. The SMILES string of the molecule is CCOC(=O)COc1cc(C)c(-c2nc3ccc(C(=O)Cc4ccc(C)c(C)c4)cc3[nH]2)c(C)c1. The van der Waals surface area contributed by atoms with Crippen molar-refractivity contribution >= 4 is 22.8 Å². The summed E-state index contributed by atoms with van der Waals surface area (Å²) >= 11 is 0. The molecule has 6 heteroatoms. The van der Waals surface area contributed by atoms with Gasteiger partial charge in [-0.2, -0.15) is 0 Å². The number of Topliss-reactive ketones (excluding diaryl/α,β-unsaturated/α-hetero) is 1. The average molecular weight is 471 g/mol. The van der Waals surface area contributed by atoms with Gasteiger partial charge in [0.1, 0.15) is 11.6 Å². The fourth-order valence-corrected chi connectivity index (χ4v) is 4.23. The molecule has 0 fully saturated rings. The van der Waals surface area contributed by atoms with Gasteiger partial charge in [-0.1, -0.05) is 18.2 Å². The number of carbonyl (C=O) groups excluding carboxylic acids is 2. The Labute approximate surface area is 205 Å². The van der Waals surface area contributed by atoms with Crippen LogP contribution in [0.3, 0.4) is 0 Å². The van der Waals surface area contributed by atoms with Crippen molar-refractivity contribution in [1.82, 2.24) is 9.97 Å². The number of aromatic amines is 1. The minimum atomic E-state index is -0.396. The molecular formula is C29H30N2O4. The number of esters is 1. The highest BCUT2D eigenvalue weighted by Gasteiger charge is 2.15. The van der Waals surface area contributed by atoms with Crippen LogP contribution in [0.4, 0.5) is 0 Å². The Morgan fingerprint density at radius 2 is 1.63 bits per heavy atom. The van der Waals surface area contributed by atoms with E-state index in [2.05, 4.69) is 31.0 Å². The number of ether oxygens (including phenoxy) is 2. The molecule has 3 aromatic carbocycles. The lowest BCUT2D eigenvalue weighted by Crippen LogP contribution is -2.14. The fourth-order valence-electron chi connectivity index (χ4n) is 4.23. The molecule has 1 aromatic heterocycles. The monoisotopic (exact) mass is 470 g/mol. The predicted molar refractivity (Wildman–Crippen MR) is 137 cm³/mol. The molecule has 35 heavy (non-hydrogen) atoms. The van der Waals surface area contributed by atoms with E-state index in [1.807, 2.05) is 50.2 Å². The van der Waals surface area contributed by atoms with Gasteiger partial charge in [-0.15, -0.1) is 0 Å². The summed E-state index contributed by atoms with van der Waals surface area (Å²) in [6.45, 7) is 10.0. The van der Waals surface area contributed by atoms with Crippen LogP contribution in [-0.2, 0) is 16.0 Å². The van der Waals surface area contributed by atoms with Gasteiger partial charge in [0.05, 0.1) is 17.6 Å². The molecule has 1 heterocycles. The van der Waals surface area contributed by atoms with E-state index in [1.165, 1.54) is 11.1 Å². The Morgan fingerprint density at radius 3 is 2.31 bits per heavy atom. The van der Waals surface area contributed by atoms with Crippen LogP contribution in [0.2, 0.25) is 0 Å². The van der Waals surface area contributed by atoms with Crippen LogP contribution in [0.25, 0.3) is 22.4 Å². The smallest absolute Gasteiger partial charge is 0.344 e. The van der Waals surface area contributed by atoms with E-state index >= 15 is 0 Å². The van der Waals surface area contributed by atoms with Crippen LogP contribution in [0.1, 0.15) is 45.1 Å². The zero-order chi connectivity index (χ0) is 25.1. The summed E-state index contributed by atoms with van der Waals surface area (Å²) in [7, 11) is 0. The molecule has 0 atom stereocenters. The van der Waals surface area contributed by atoms with Crippen LogP contribution >= 0.6 is 0 Å². The zero-order valence-corrected chi connectivity index (χ0v) is 20.8. The molecule has 0 aliphatic heterocycles. The number of fused-ring (bicyclic) bond motifs is 1. The number of rotatable bonds is 8. The summed E-state index contributed by atoms with van der Waals surface area (Å²) in [4.78, 5) is 32.7. The molecule has 0 spiro atoms. The molecular weight excluding hydrogens is 440 g/mol. The molecule has 0 unspecified atom stereocenters. The number of nitrogens with zero attached hydrogens (tertiary/aromatic N) is 1. The van der Waals surface area contributed by atoms with Gasteiger partial charge in [0.25, 0.3) is 0 Å². The number of imidazole rings is 1. The molecule has 4 aromatic rings. The molecule has 0 saturated heterocycles. The molecule has 0 aliphatic rings. The normalized spacial score (nSPS) is 11.0. The van der Waals surface area contributed by atoms with Crippen LogP contribution in [-0.4, -0.2) is 34.9 Å². The van der Waals surface area contributed by atoms with Gasteiger partial charge in [0.2, 0.25) is 0 Å². The lowest BCUT2D eigenvalue weighted by atomic mass is 9.99. The second-order valence-electron chi connectivity index (χ2n) is 8.86. The first-order valence-electron chi connectivity index (χ1n) is 11.7. The number of aryl methyl sites for hydroxylation is 4. The van der Waals surface area contributed by atoms with Crippen molar-refractivity contribution in [1.29, 1.82) is 0 Å². The lowest BCUT2D eigenvalue weighted by molar-refractivity contribution is -0.145. The summed E-state index contributed by atoms with van der Waals surface area (Å²) < 4.78 is 10.5. The number of hydrogen-bond donors (Lipinski definition) is 1. The van der Waals surface area contributed by atoms with Crippen molar-refractivity contribution in [2.75, 3.05) is 13.2 Å². The van der Waals surface area contributed by atoms with Crippen LogP contribution < -0.4 is 4.74 Å². The second-order valence-corrected chi connectivity index (χ2v) is 8.86. The van der Waals surface area contributed by atoms with E-state index in [0.717, 1.165) is 39.1 Å².